The fraction of sp³-hybridized carbons (Fsp3) is 0.567. The van der Waals surface area contributed by atoms with Crippen LogP contribution in [-0.4, -0.2) is 57.9 Å². The number of nitrogens with zero attached hydrogens (tertiary/aromatic N) is 2. The molecule has 10 heteroatoms. The van der Waals surface area contributed by atoms with E-state index in [2.05, 4.69) is 10.3 Å². The lowest BCUT2D eigenvalue weighted by molar-refractivity contribution is -0.148. The normalized spacial score (nSPS) is 14.2. The van der Waals surface area contributed by atoms with Crippen LogP contribution in [0.25, 0.3) is 0 Å². The van der Waals surface area contributed by atoms with Crippen molar-refractivity contribution in [3.05, 3.63) is 52.0 Å². The van der Waals surface area contributed by atoms with E-state index in [0.29, 0.717) is 24.3 Å². The van der Waals surface area contributed by atoms with Crippen molar-refractivity contribution in [2.24, 2.45) is 11.8 Å². The molecule has 0 bridgehead atoms. The van der Waals surface area contributed by atoms with Crippen LogP contribution in [0, 0.1) is 11.8 Å². The van der Waals surface area contributed by atoms with Gasteiger partial charge in [0.05, 0.1) is 5.92 Å². The van der Waals surface area contributed by atoms with Crippen LogP contribution in [0.3, 0.4) is 0 Å². The monoisotopic (exact) mass is 573 g/mol. The standard InChI is InChI=1S/C30H43N3O6S/c1-7-8-14-27(35)33(6)25(19(2)3)17-26(39-21(5)34)29-32-24(18-40-29)28(36)31-23(15-20(4)30(37)38)16-22-12-10-9-11-13-22/h9-13,18-20,23,25-26H,7-8,14-17H2,1-6H3,(H,31,36)(H,37,38)/t20-,23+,25+,26+/m0/s1. The number of aromatic nitrogens is 1. The highest BCUT2D eigenvalue weighted by Gasteiger charge is 2.31. The maximum atomic E-state index is 13.2. The Morgan fingerprint density at radius 3 is 2.35 bits per heavy atom. The Balaban J connectivity index is 2.23. The summed E-state index contributed by atoms with van der Waals surface area (Å²) >= 11 is 1.22. The molecule has 2 rings (SSSR count). The van der Waals surface area contributed by atoms with Gasteiger partial charge in [0, 0.05) is 44.3 Å². The first-order chi connectivity index (χ1) is 18.9. The van der Waals surface area contributed by atoms with E-state index in [1.165, 1.54) is 18.3 Å². The minimum absolute atomic E-state index is 0.0429. The molecule has 4 atom stereocenters. The third-order valence-corrected chi connectivity index (χ3v) is 7.85. The second-order valence-corrected chi connectivity index (χ2v) is 11.5. The highest BCUT2D eigenvalue weighted by atomic mass is 32.1. The van der Waals surface area contributed by atoms with Gasteiger partial charge in [-0.25, -0.2) is 4.98 Å². The molecule has 2 N–H and O–H groups in total. The smallest absolute Gasteiger partial charge is 0.306 e. The average molecular weight is 574 g/mol. The van der Waals surface area contributed by atoms with E-state index in [0.717, 1.165) is 18.4 Å². The number of amides is 2. The average Bonchev–Trinajstić information content (AvgIpc) is 3.40. The molecular weight excluding hydrogens is 530 g/mol. The molecule has 0 unspecified atom stereocenters. The fourth-order valence-electron chi connectivity index (χ4n) is 4.60. The van der Waals surface area contributed by atoms with Crippen molar-refractivity contribution in [2.45, 2.75) is 91.3 Å². The highest BCUT2D eigenvalue weighted by Crippen LogP contribution is 2.30. The molecule has 0 aliphatic carbocycles. The summed E-state index contributed by atoms with van der Waals surface area (Å²) in [4.78, 5) is 55.7. The van der Waals surface area contributed by atoms with Gasteiger partial charge >= 0.3 is 11.9 Å². The molecule has 1 aromatic heterocycles. The number of ether oxygens (including phenoxy) is 1. The highest BCUT2D eigenvalue weighted by molar-refractivity contribution is 7.09. The predicted molar refractivity (Wildman–Crippen MR) is 155 cm³/mol. The van der Waals surface area contributed by atoms with Gasteiger partial charge in [0.25, 0.3) is 5.91 Å². The fourth-order valence-corrected chi connectivity index (χ4v) is 5.44. The van der Waals surface area contributed by atoms with Crippen LogP contribution in [0.1, 0.15) is 93.9 Å². The number of aliphatic carboxylic acids is 1. The predicted octanol–water partition coefficient (Wildman–Crippen LogP) is 5.26. The quantitative estimate of drug-likeness (QED) is 0.262. The van der Waals surface area contributed by atoms with Crippen LogP contribution in [0.5, 0.6) is 0 Å². The van der Waals surface area contributed by atoms with Crippen molar-refractivity contribution in [1.29, 1.82) is 0 Å². The van der Waals surface area contributed by atoms with E-state index in [4.69, 9.17) is 4.74 Å². The number of carboxylic acids is 1. The molecule has 40 heavy (non-hydrogen) atoms. The third kappa shape index (κ3) is 10.4. The number of carbonyl (C=O) groups excluding carboxylic acids is 3. The zero-order valence-electron chi connectivity index (χ0n) is 24.4. The van der Waals surface area contributed by atoms with Crippen molar-refractivity contribution in [3.8, 4) is 0 Å². The van der Waals surface area contributed by atoms with E-state index in [1.807, 2.05) is 51.1 Å². The van der Waals surface area contributed by atoms with Gasteiger partial charge < -0.3 is 20.1 Å². The van der Waals surface area contributed by atoms with Gasteiger partial charge in [-0.3, -0.25) is 19.2 Å². The van der Waals surface area contributed by atoms with Crippen molar-refractivity contribution in [2.75, 3.05) is 7.05 Å². The van der Waals surface area contributed by atoms with Crippen LogP contribution >= 0.6 is 11.3 Å². The zero-order valence-corrected chi connectivity index (χ0v) is 25.2. The Bertz CT molecular complexity index is 1120. The zero-order chi connectivity index (χ0) is 29.8. The number of nitrogens with one attached hydrogen (secondary N) is 1. The summed E-state index contributed by atoms with van der Waals surface area (Å²) in [5.41, 5.74) is 1.16. The summed E-state index contributed by atoms with van der Waals surface area (Å²) in [6.45, 7) is 9.02. The number of carbonyl (C=O) groups is 4. The van der Waals surface area contributed by atoms with E-state index >= 15 is 0 Å². The summed E-state index contributed by atoms with van der Waals surface area (Å²) in [6, 6.07) is 8.96. The lowest BCUT2D eigenvalue weighted by atomic mass is 9.96. The number of hydrogen-bond acceptors (Lipinski definition) is 7. The van der Waals surface area contributed by atoms with Gasteiger partial charge in [-0.2, -0.15) is 0 Å². The molecule has 0 saturated carbocycles. The Morgan fingerprint density at radius 2 is 1.77 bits per heavy atom. The molecule has 0 aliphatic heterocycles. The second-order valence-electron chi connectivity index (χ2n) is 10.7. The van der Waals surface area contributed by atoms with Crippen molar-refractivity contribution in [3.63, 3.8) is 0 Å². The molecule has 9 nitrogen and oxygen atoms in total. The number of hydrogen-bond donors (Lipinski definition) is 2. The number of carboxylic acid groups (broad SMARTS) is 1. The molecule has 0 fully saturated rings. The number of esters is 1. The molecule has 2 aromatic rings. The van der Waals surface area contributed by atoms with E-state index in [-0.39, 0.29) is 30.0 Å². The number of rotatable bonds is 16. The molecular formula is C30H43N3O6S. The number of unbranched alkanes of at least 4 members (excludes halogenated alkanes) is 1. The van der Waals surface area contributed by atoms with Gasteiger partial charge in [-0.1, -0.05) is 64.4 Å². The molecule has 1 aromatic carbocycles. The maximum absolute atomic E-state index is 13.2. The lowest BCUT2D eigenvalue weighted by Gasteiger charge is -2.33. The summed E-state index contributed by atoms with van der Waals surface area (Å²) < 4.78 is 5.63. The van der Waals surface area contributed by atoms with Crippen LogP contribution in [0.2, 0.25) is 0 Å². The van der Waals surface area contributed by atoms with Crippen molar-refractivity contribution in [1.82, 2.24) is 15.2 Å². The minimum atomic E-state index is -0.926. The number of benzene rings is 1. The first-order valence-corrected chi connectivity index (χ1v) is 14.8. The van der Waals surface area contributed by atoms with Crippen LogP contribution < -0.4 is 5.32 Å². The van der Waals surface area contributed by atoms with Gasteiger partial charge in [0.1, 0.15) is 10.7 Å². The summed E-state index contributed by atoms with van der Waals surface area (Å²) in [6.07, 6.45) is 2.57. The molecule has 2 amide bonds. The van der Waals surface area contributed by atoms with Crippen molar-refractivity contribution < 1.29 is 29.0 Å². The summed E-state index contributed by atoms with van der Waals surface area (Å²) in [7, 11) is 1.78. The maximum Gasteiger partial charge on any atom is 0.306 e. The second kappa shape index (κ2) is 16.1. The summed E-state index contributed by atoms with van der Waals surface area (Å²) in [5, 5.41) is 14.5. The van der Waals surface area contributed by atoms with Crippen molar-refractivity contribution >= 4 is 35.1 Å². The van der Waals surface area contributed by atoms with Gasteiger partial charge in [-0.15, -0.1) is 11.3 Å². The Kier molecular flexibility index (Phi) is 13.3. The lowest BCUT2D eigenvalue weighted by Crippen LogP contribution is -2.41. The van der Waals surface area contributed by atoms with Gasteiger partial charge in [0.15, 0.2) is 6.10 Å². The number of thiazole rings is 1. The Labute approximate surface area is 241 Å². The van der Waals surface area contributed by atoms with Gasteiger partial charge in [0.2, 0.25) is 5.91 Å². The Hall–Kier alpha value is -3.27. The third-order valence-electron chi connectivity index (χ3n) is 6.92. The summed E-state index contributed by atoms with van der Waals surface area (Å²) in [5.74, 6) is -2.31. The molecule has 0 radical (unpaired) electrons. The largest absolute Gasteiger partial charge is 0.481 e. The molecule has 220 valence electrons. The van der Waals surface area contributed by atoms with Gasteiger partial charge in [-0.05, 0) is 30.7 Å². The van der Waals surface area contributed by atoms with E-state index in [1.54, 1.807) is 24.3 Å². The van der Waals surface area contributed by atoms with E-state index < -0.39 is 35.9 Å². The van der Waals surface area contributed by atoms with Crippen LogP contribution in [-0.2, 0) is 25.5 Å². The Morgan fingerprint density at radius 1 is 1.10 bits per heavy atom. The van der Waals surface area contributed by atoms with E-state index in [9.17, 15) is 24.3 Å². The SMILES string of the molecule is CCCCC(=O)N(C)[C@H](C[C@@H](OC(C)=O)c1nc(C(=O)N[C@@H](Cc2ccccc2)C[C@H](C)C(=O)O)cs1)C(C)C. The molecule has 0 saturated heterocycles. The minimum Gasteiger partial charge on any atom is -0.481 e. The molecule has 0 aliphatic rings. The van der Waals surface area contributed by atoms with Crippen LogP contribution in [0.4, 0.5) is 0 Å². The molecule has 1 heterocycles. The first kappa shape index (κ1) is 32.9. The van der Waals surface area contributed by atoms with Crippen LogP contribution in [0.15, 0.2) is 35.7 Å². The molecule has 0 spiro atoms. The topological polar surface area (TPSA) is 126 Å². The first-order valence-electron chi connectivity index (χ1n) is 13.9.